The molecule has 0 saturated heterocycles. The Bertz CT molecular complexity index is 907. The Kier molecular flexibility index (Phi) is 2.78. The van der Waals surface area contributed by atoms with E-state index >= 15 is 0 Å². The third kappa shape index (κ3) is 2.16. The summed E-state index contributed by atoms with van der Waals surface area (Å²) in [5.41, 5.74) is 2.38. The lowest BCUT2D eigenvalue weighted by Crippen LogP contribution is -1.89. The molecule has 0 unspecified atom stereocenters. The Balaban J connectivity index is 1.71. The van der Waals surface area contributed by atoms with E-state index in [1.54, 1.807) is 4.68 Å². The molecular formula is C14H11N7O. The van der Waals surface area contributed by atoms with Gasteiger partial charge in [-0.2, -0.15) is 15.2 Å². The van der Waals surface area contributed by atoms with E-state index in [1.165, 1.54) is 6.33 Å². The lowest BCUT2D eigenvalue weighted by atomic mass is 10.1. The lowest BCUT2D eigenvalue weighted by Gasteiger charge is -1.98. The number of rotatable bonds is 3. The van der Waals surface area contributed by atoms with E-state index in [2.05, 4.69) is 30.4 Å². The van der Waals surface area contributed by atoms with Crippen molar-refractivity contribution in [2.45, 2.75) is 0 Å². The first-order valence-electron chi connectivity index (χ1n) is 6.59. The van der Waals surface area contributed by atoms with Crippen LogP contribution >= 0.6 is 0 Å². The Labute approximate surface area is 124 Å². The zero-order valence-electron chi connectivity index (χ0n) is 11.6. The van der Waals surface area contributed by atoms with Crippen LogP contribution in [0.5, 0.6) is 0 Å². The zero-order chi connectivity index (χ0) is 14.9. The first kappa shape index (κ1) is 12.5. The molecule has 1 N–H and O–H groups in total. The molecule has 0 atom stereocenters. The normalized spacial score (nSPS) is 11.0. The Morgan fingerprint density at radius 1 is 1.18 bits per heavy atom. The van der Waals surface area contributed by atoms with Crippen LogP contribution in [-0.4, -0.2) is 35.1 Å². The largest absolute Gasteiger partial charge is 0.334 e. The molecule has 3 aromatic heterocycles. The Morgan fingerprint density at radius 3 is 2.86 bits per heavy atom. The number of hydrogen-bond acceptors (Lipinski definition) is 6. The van der Waals surface area contributed by atoms with Gasteiger partial charge < -0.3 is 4.52 Å². The molecule has 4 aromatic rings. The quantitative estimate of drug-likeness (QED) is 0.619. The number of nitrogens with zero attached hydrogens (tertiary/aromatic N) is 6. The second-order valence-corrected chi connectivity index (χ2v) is 4.71. The molecule has 4 rings (SSSR count). The molecule has 8 heteroatoms. The summed E-state index contributed by atoms with van der Waals surface area (Å²) in [7, 11) is 1.84. The van der Waals surface area contributed by atoms with Crippen LogP contribution in [-0.2, 0) is 7.05 Å². The molecule has 0 fully saturated rings. The SMILES string of the molecule is Cn1ccc(-c2noc(-c3cccc(-c4ncn[nH]4)c3)n2)n1. The molecule has 0 radical (unpaired) electrons. The zero-order valence-corrected chi connectivity index (χ0v) is 11.6. The topological polar surface area (TPSA) is 98.3 Å². The Hall–Kier alpha value is -3.29. The first-order valence-corrected chi connectivity index (χ1v) is 6.59. The summed E-state index contributed by atoms with van der Waals surface area (Å²) in [6.45, 7) is 0. The summed E-state index contributed by atoms with van der Waals surface area (Å²) < 4.78 is 7.02. The minimum atomic E-state index is 0.432. The standard InChI is InChI=1S/C14H11N7O/c1-21-6-5-11(19-21)13-17-14(22-20-13)10-4-2-3-9(7-10)12-15-8-16-18-12/h2-8H,1H3,(H,15,16,18). The maximum Gasteiger partial charge on any atom is 0.258 e. The number of aromatic amines is 1. The van der Waals surface area contributed by atoms with Crippen LogP contribution in [0.15, 0.2) is 47.4 Å². The maximum atomic E-state index is 5.33. The fourth-order valence-corrected chi connectivity index (χ4v) is 2.12. The molecule has 0 aliphatic heterocycles. The van der Waals surface area contributed by atoms with Gasteiger partial charge in [0.15, 0.2) is 5.82 Å². The average molecular weight is 293 g/mol. The van der Waals surface area contributed by atoms with Crippen molar-refractivity contribution in [2.24, 2.45) is 7.05 Å². The number of H-pyrrole nitrogens is 1. The summed E-state index contributed by atoms with van der Waals surface area (Å²) in [6, 6.07) is 9.48. The van der Waals surface area contributed by atoms with Crippen molar-refractivity contribution in [2.75, 3.05) is 0 Å². The molecule has 0 bridgehead atoms. The molecule has 0 saturated carbocycles. The smallest absolute Gasteiger partial charge is 0.258 e. The fraction of sp³-hybridized carbons (Fsp3) is 0.0714. The molecule has 0 aliphatic rings. The highest BCUT2D eigenvalue weighted by molar-refractivity contribution is 5.65. The number of aromatic nitrogens is 7. The van der Waals surface area contributed by atoms with Crippen molar-refractivity contribution in [1.29, 1.82) is 0 Å². The minimum absolute atomic E-state index is 0.432. The number of nitrogens with one attached hydrogen (secondary N) is 1. The minimum Gasteiger partial charge on any atom is -0.334 e. The van der Waals surface area contributed by atoms with Gasteiger partial charge in [0.1, 0.15) is 12.0 Å². The molecule has 0 spiro atoms. The average Bonchev–Trinajstić information content (AvgIpc) is 3.28. The molecular weight excluding hydrogens is 282 g/mol. The molecule has 1 aromatic carbocycles. The summed E-state index contributed by atoms with van der Waals surface area (Å²) >= 11 is 0. The lowest BCUT2D eigenvalue weighted by molar-refractivity contribution is 0.432. The number of aryl methyl sites for hydroxylation is 1. The van der Waals surface area contributed by atoms with Crippen molar-refractivity contribution in [1.82, 2.24) is 35.1 Å². The maximum absolute atomic E-state index is 5.33. The van der Waals surface area contributed by atoms with Crippen molar-refractivity contribution in [3.8, 4) is 34.4 Å². The molecule has 0 aliphatic carbocycles. The van der Waals surface area contributed by atoms with Gasteiger partial charge in [-0.15, -0.1) is 0 Å². The molecule has 22 heavy (non-hydrogen) atoms. The van der Waals surface area contributed by atoms with Gasteiger partial charge in [0.2, 0.25) is 5.82 Å². The highest BCUT2D eigenvalue weighted by Crippen LogP contribution is 2.24. The third-order valence-electron chi connectivity index (χ3n) is 3.17. The van der Waals surface area contributed by atoms with E-state index in [9.17, 15) is 0 Å². The predicted octanol–water partition coefficient (Wildman–Crippen LogP) is 1.92. The predicted molar refractivity (Wildman–Crippen MR) is 77.3 cm³/mol. The van der Waals surface area contributed by atoms with E-state index in [0.29, 0.717) is 23.2 Å². The van der Waals surface area contributed by atoms with Gasteiger partial charge >= 0.3 is 0 Å². The van der Waals surface area contributed by atoms with Crippen molar-refractivity contribution in [3.05, 3.63) is 42.9 Å². The van der Waals surface area contributed by atoms with Gasteiger partial charge in [-0.1, -0.05) is 17.3 Å². The van der Waals surface area contributed by atoms with Crippen molar-refractivity contribution in [3.63, 3.8) is 0 Å². The van der Waals surface area contributed by atoms with Crippen LogP contribution in [0.25, 0.3) is 34.4 Å². The van der Waals surface area contributed by atoms with Crippen LogP contribution in [0, 0.1) is 0 Å². The Morgan fingerprint density at radius 2 is 2.09 bits per heavy atom. The number of benzene rings is 1. The number of hydrogen-bond donors (Lipinski definition) is 1. The van der Waals surface area contributed by atoms with Gasteiger partial charge in [0.05, 0.1) is 0 Å². The molecule has 3 heterocycles. The molecule has 108 valence electrons. The van der Waals surface area contributed by atoms with E-state index in [0.717, 1.165) is 11.1 Å². The van der Waals surface area contributed by atoms with E-state index in [-0.39, 0.29) is 0 Å². The van der Waals surface area contributed by atoms with E-state index in [1.807, 2.05) is 43.6 Å². The van der Waals surface area contributed by atoms with Crippen LogP contribution in [0.2, 0.25) is 0 Å². The first-order chi connectivity index (χ1) is 10.8. The summed E-state index contributed by atoms with van der Waals surface area (Å²) in [5, 5.41) is 14.9. The van der Waals surface area contributed by atoms with Crippen molar-refractivity contribution >= 4 is 0 Å². The third-order valence-corrected chi connectivity index (χ3v) is 3.17. The highest BCUT2D eigenvalue weighted by Gasteiger charge is 2.13. The summed E-state index contributed by atoms with van der Waals surface area (Å²) in [4.78, 5) is 8.52. The van der Waals surface area contributed by atoms with Crippen LogP contribution in [0.1, 0.15) is 0 Å². The van der Waals surface area contributed by atoms with Gasteiger partial charge in [-0.25, -0.2) is 4.98 Å². The summed E-state index contributed by atoms with van der Waals surface area (Å²) in [6.07, 6.45) is 3.30. The van der Waals surface area contributed by atoms with Gasteiger partial charge in [0.25, 0.3) is 5.89 Å². The summed E-state index contributed by atoms with van der Waals surface area (Å²) in [5.74, 6) is 1.58. The molecule has 0 amide bonds. The van der Waals surface area contributed by atoms with E-state index in [4.69, 9.17) is 4.52 Å². The second-order valence-electron chi connectivity index (χ2n) is 4.71. The van der Waals surface area contributed by atoms with Crippen LogP contribution < -0.4 is 0 Å². The van der Waals surface area contributed by atoms with Gasteiger partial charge in [-0.05, 0) is 18.2 Å². The van der Waals surface area contributed by atoms with Crippen molar-refractivity contribution < 1.29 is 4.52 Å². The van der Waals surface area contributed by atoms with Crippen LogP contribution in [0.3, 0.4) is 0 Å². The van der Waals surface area contributed by atoms with Crippen LogP contribution in [0.4, 0.5) is 0 Å². The van der Waals surface area contributed by atoms with E-state index < -0.39 is 0 Å². The molecule has 8 nitrogen and oxygen atoms in total. The fourth-order valence-electron chi connectivity index (χ4n) is 2.12. The monoisotopic (exact) mass is 293 g/mol. The van der Waals surface area contributed by atoms with Gasteiger partial charge in [0, 0.05) is 24.4 Å². The second kappa shape index (κ2) is 4.92. The highest BCUT2D eigenvalue weighted by atomic mass is 16.5. The van der Waals surface area contributed by atoms with Gasteiger partial charge in [-0.3, -0.25) is 9.78 Å².